The highest BCUT2D eigenvalue weighted by atomic mass is 127. The highest BCUT2D eigenvalue weighted by Gasteiger charge is 2.08. The minimum Gasteiger partial charge on any atom is -0.330 e. The van der Waals surface area contributed by atoms with Crippen molar-refractivity contribution in [1.82, 2.24) is 0 Å². The van der Waals surface area contributed by atoms with Gasteiger partial charge in [0.05, 0.1) is 5.69 Å². The van der Waals surface area contributed by atoms with Gasteiger partial charge in [-0.15, -0.1) is 0 Å². The summed E-state index contributed by atoms with van der Waals surface area (Å²) in [6.45, 7) is 2.51. The topological polar surface area (TPSA) is 55.1 Å². The zero-order valence-corrected chi connectivity index (χ0v) is 10.8. The number of carbonyl (C=O) groups is 1. The van der Waals surface area contributed by atoms with Crippen LogP contribution in [0, 0.1) is 9.49 Å². The van der Waals surface area contributed by atoms with Crippen LogP contribution in [0.2, 0.25) is 0 Å². The van der Waals surface area contributed by atoms with Crippen LogP contribution < -0.4 is 11.1 Å². The molecule has 1 aromatic carbocycles. The molecule has 1 rings (SSSR count). The van der Waals surface area contributed by atoms with E-state index in [1.165, 1.54) is 0 Å². The summed E-state index contributed by atoms with van der Waals surface area (Å²) >= 11 is 2.20. The SMILES string of the molecule is CC(CN)CC(=O)Nc1ccccc1I. The first-order chi connectivity index (χ1) is 7.13. The van der Waals surface area contributed by atoms with E-state index in [-0.39, 0.29) is 11.8 Å². The molecule has 3 N–H and O–H groups in total. The maximum absolute atomic E-state index is 11.6. The molecule has 1 amide bonds. The molecule has 1 atom stereocenters. The van der Waals surface area contributed by atoms with Crippen LogP contribution in [-0.2, 0) is 4.79 Å². The van der Waals surface area contributed by atoms with Gasteiger partial charge in [-0.25, -0.2) is 0 Å². The fourth-order valence-electron chi connectivity index (χ4n) is 1.16. The molecule has 4 heteroatoms. The number of hydrogen-bond acceptors (Lipinski definition) is 2. The van der Waals surface area contributed by atoms with Gasteiger partial charge in [0.1, 0.15) is 0 Å². The van der Waals surface area contributed by atoms with Crippen LogP contribution in [0.15, 0.2) is 24.3 Å². The van der Waals surface area contributed by atoms with E-state index in [1.807, 2.05) is 31.2 Å². The Kier molecular flexibility index (Phi) is 5.04. The zero-order valence-electron chi connectivity index (χ0n) is 8.66. The minimum atomic E-state index is 0.0251. The summed E-state index contributed by atoms with van der Waals surface area (Å²) in [5, 5.41) is 2.87. The van der Waals surface area contributed by atoms with Gasteiger partial charge >= 0.3 is 0 Å². The van der Waals surface area contributed by atoms with E-state index in [2.05, 4.69) is 27.9 Å². The molecule has 0 aliphatic heterocycles. The molecular weight excluding hydrogens is 303 g/mol. The Balaban J connectivity index is 2.55. The largest absolute Gasteiger partial charge is 0.330 e. The second-order valence-electron chi connectivity index (χ2n) is 3.57. The number of rotatable bonds is 4. The number of nitrogens with two attached hydrogens (primary N) is 1. The predicted octanol–water partition coefficient (Wildman–Crippen LogP) is 2.21. The quantitative estimate of drug-likeness (QED) is 0.837. The molecule has 0 spiro atoms. The molecule has 0 saturated heterocycles. The Labute approximate surface area is 104 Å². The maximum atomic E-state index is 11.6. The number of carbonyl (C=O) groups excluding carboxylic acids is 1. The second-order valence-corrected chi connectivity index (χ2v) is 4.74. The highest BCUT2D eigenvalue weighted by Crippen LogP contribution is 2.17. The molecule has 1 aromatic rings. The summed E-state index contributed by atoms with van der Waals surface area (Å²) in [7, 11) is 0. The van der Waals surface area contributed by atoms with Crippen LogP contribution in [0.4, 0.5) is 5.69 Å². The van der Waals surface area contributed by atoms with Crippen molar-refractivity contribution in [3.05, 3.63) is 27.8 Å². The van der Waals surface area contributed by atoms with Crippen LogP contribution >= 0.6 is 22.6 Å². The fraction of sp³-hybridized carbons (Fsp3) is 0.364. The van der Waals surface area contributed by atoms with E-state index < -0.39 is 0 Å². The van der Waals surface area contributed by atoms with E-state index in [0.29, 0.717) is 13.0 Å². The molecule has 0 radical (unpaired) electrons. The smallest absolute Gasteiger partial charge is 0.224 e. The van der Waals surface area contributed by atoms with E-state index in [4.69, 9.17) is 5.73 Å². The molecule has 15 heavy (non-hydrogen) atoms. The fourth-order valence-corrected chi connectivity index (χ4v) is 1.69. The van der Waals surface area contributed by atoms with Gasteiger partial charge in [0, 0.05) is 9.99 Å². The van der Waals surface area contributed by atoms with Crippen LogP contribution in [0.5, 0.6) is 0 Å². The standard InChI is InChI=1S/C11H15IN2O/c1-8(7-13)6-11(15)14-10-5-3-2-4-9(10)12/h2-5,8H,6-7,13H2,1H3,(H,14,15). The molecule has 0 bridgehead atoms. The molecule has 1 unspecified atom stereocenters. The van der Waals surface area contributed by atoms with E-state index in [1.54, 1.807) is 0 Å². The lowest BCUT2D eigenvalue weighted by Gasteiger charge is -2.10. The van der Waals surface area contributed by atoms with Crippen LogP contribution in [0.3, 0.4) is 0 Å². The average Bonchev–Trinajstić information content (AvgIpc) is 2.21. The first-order valence-electron chi connectivity index (χ1n) is 4.88. The summed E-state index contributed by atoms with van der Waals surface area (Å²) in [4.78, 5) is 11.6. The predicted molar refractivity (Wildman–Crippen MR) is 70.6 cm³/mol. The molecule has 3 nitrogen and oxygen atoms in total. The second kappa shape index (κ2) is 6.07. The Morgan fingerprint density at radius 3 is 2.80 bits per heavy atom. The normalized spacial score (nSPS) is 12.2. The number of halogens is 1. The molecule has 0 saturated carbocycles. The van der Waals surface area contributed by atoms with Gasteiger partial charge < -0.3 is 11.1 Å². The maximum Gasteiger partial charge on any atom is 0.224 e. The molecule has 82 valence electrons. The average molecular weight is 318 g/mol. The minimum absolute atomic E-state index is 0.0251. The Hall–Kier alpha value is -0.620. The zero-order chi connectivity index (χ0) is 11.3. The monoisotopic (exact) mass is 318 g/mol. The lowest BCUT2D eigenvalue weighted by molar-refractivity contribution is -0.116. The summed E-state index contributed by atoms with van der Waals surface area (Å²) in [5.41, 5.74) is 6.33. The van der Waals surface area contributed by atoms with Gasteiger partial charge in [0.2, 0.25) is 5.91 Å². The van der Waals surface area contributed by atoms with Crippen molar-refractivity contribution in [3.63, 3.8) is 0 Å². The number of para-hydroxylation sites is 1. The lowest BCUT2D eigenvalue weighted by atomic mass is 10.1. The van der Waals surface area contributed by atoms with Gasteiger partial charge in [-0.05, 0) is 47.2 Å². The van der Waals surface area contributed by atoms with Crippen molar-refractivity contribution in [1.29, 1.82) is 0 Å². The van der Waals surface area contributed by atoms with E-state index in [0.717, 1.165) is 9.26 Å². The molecular formula is C11H15IN2O. The van der Waals surface area contributed by atoms with Gasteiger partial charge in [-0.3, -0.25) is 4.79 Å². The van der Waals surface area contributed by atoms with Crippen molar-refractivity contribution in [3.8, 4) is 0 Å². The van der Waals surface area contributed by atoms with Crippen LogP contribution in [-0.4, -0.2) is 12.5 Å². The van der Waals surface area contributed by atoms with Crippen molar-refractivity contribution in [2.24, 2.45) is 11.7 Å². The summed E-state index contributed by atoms with van der Waals surface area (Å²) in [6.07, 6.45) is 0.474. The third kappa shape index (κ3) is 4.17. The summed E-state index contributed by atoms with van der Waals surface area (Å²) in [5.74, 6) is 0.253. The van der Waals surface area contributed by atoms with Crippen LogP contribution in [0.1, 0.15) is 13.3 Å². The van der Waals surface area contributed by atoms with E-state index >= 15 is 0 Å². The Morgan fingerprint density at radius 1 is 1.53 bits per heavy atom. The lowest BCUT2D eigenvalue weighted by Crippen LogP contribution is -2.20. The van der Waals surface area contributed by atoms with Crippen molar-refractivity contribution in [2.75, 3.05) is 11.9 Å². The number of hydrogen-bond donors (Lipinski definition) is 2. The van der Waals surface area contributed by atoms with Crippen molar-refractivity contribution < 1.29 is 4.79 Å². The molecule has 0 fully saturated rings. The highest BCUT2D eigenvalue weighted by molar-refractivity contribution is 14.1. The van der Waals surface area contributed by atoms with Crippen molar-refractivity contribution in [2.45, 2.75) is 13.3 Å². The number of anilines is 1. The van der Waals surface area contributed by atoms with Crippen LogP contribution in [0.25, 0.3) is 0 Å². The molecule has 0 aromatic heterocycles. The van der Waals surface area contributed by atoms with E-state index in [9.17, 15) is 4.79 Å². The third-order valence-corrected chi connectivity index (χ3v) is 3.02. The Morgan fingerprint density at radius 2 is 2.20 bits per heavy atom. The summed E-state index contributed by atoms with van der Waals surface area (Å²) in [6, 6.07) is 7.71. The van der Waals surface area contributed by atoms with Gasteiger partial charge in [-0.1, -0.05) is 19.1 Å². The third-order valence-electron chi connectivity index (χ3n) is 2.08. The van der Waals surface area contributed by atoms with Crippen molar-refractivity contribution >= 4 is 34.2 Å². The van der Waals surface area contributed by atoms with Gasteiger partial charge in [0.25, 0.3) is 0 Å². The molecule has 0 aliphatic rings. The Bertz CT molecular complexity index is 341. The molecule has 0 aliphatic carbocycles. The number of nitrogens with one attached hydrogen (secondary N) is 1. The van der Waals surface area contributed by atoms with Gasteiger partial charge in [0.15, 0.2) is 0 Å². The first-order valence-corrected chi connectivity index (χ1v) is 5.95. The van der Waals surface area contributed by atoms with Gasteiger partial charge in [-0.2, -0.15) is 0 Å². The summed E-state index contributed by atoms with van der Waals surface area (Å²) < 4.78 is 1.05. The number of benzene rings is 1. The molecule has 0 heterocycles. The number of amides is 1. The first kappa shape index (κ1) is 12.4.